The molecule has 1 fully saturated rings. The Bertz CT molecular complexity index is 657. The fourth-order valence-electron chi connectivity index (χ4n) is 2.68. The van der Waals surface area contributed by atoms with Crippen molar-refractivity contribution in [2.75, 3.05) is 32.9 Å². The van der Waals surface area contributed by atoms with Crippen LogP contribution >= 0.6 is 11.3 Å². The molecule has 2 heterocycles. The Morgan fingerprint density at radius 1 is 1.33 bits per heavy atom. The van der Waals surface area contributed by atoms with E-state index >= 15 is 0 Å². The normalized spacial score (nSPS) is 17.9. The monoisotopic (exact) mass is 373 g/mol. The van der Waals surface area contributed by atoms with E-state index < -0.39 is 10.0 Å². The number of aromatic nitrogens is 1. The van der Waals surface area contributed by atoms with Gasteiger partial charge in [0.1, 0.15) is 5.01 Å². The maximum absolute atomic E-state index is 11.5. The molecule has 1 aliphatic rings. The van der Waals surface area contributed by atoms with E-state index in [-0.39, 0.29) is 0 Å². The number of guanidine groups is 1. The van der Waals surface area contributed by atoms with Crippen LogP contribution in [0.15, 0.2) is 4.99 Å². The van der Waals surface area contributed by atoms with Gasteiger partial charge in [-0.15, -0.1) is 11.3 Å². The second-order valence-electron chi connectivity index (χ2n) is 6.16. The van der Waals surface area contributed by atoms with E-state index in [2.05, 4.69) is 27.5 Å². The largest absolute Gasteiger partial charge is 0.356 e. The maximum atomic E-state index is 11.5. The Morgan fingerprint density at radius 2 is 2.00 bits per heavy atom. The molecule has 136 valence electrons. The van der Waals surface area contributed by atoms with Crippen molar-refractivity contribution in [3.05, 3.63) is 15.6 Å². The summed E-state index contributed by atoms with van der Waals surface area (Å²) in [5, 5.41) is 7.66. The number of thiazole rings is 1. The first-order valence-corrected chi connectivity index (χ1v) is 10.8. The average Bonchev–Trinajstić information content (AvgIpc) is 2.85. The van der Waals surface area contributed by atoms with Crippen molar-refractivity contribution in [2.24, 2.45) is 10.9 Å². The van der Waals surface area contributed by atoms with Gasteiger partial charge in [-0.1, -0.05) is 0 Å². The highest BCUT2D eigenvalue weighted by Crippen LogP contribution is 2.18. The summed E-state index contributed by atoms with van der Waals surface area (Å²) in [6.07, 6.45) is 3.03. The molecule has 0 unspecified atom stereocenters. The van der Waals surface area contributed by atoms with Crippen molar-refractivity contribution in [2.45, 2.75) is 33.2 Å². The number of hydrogen-bond acceptors (Lipinski definition) is 5. The molecular weight excluding hydrogens is 346 g/mol. The van der Waals surface area contributed by atoms with E-state index in [1.54, 1.807) is 22.7 Å². The molecule has 0 radical (unpaired) electrons. The fourth-order valence-corrected chi connectivity index (χ4v) is 4.43. The van der Waals surface area contributed by atoms with E-state index in [0.29, 0.717) is 25.6 Å². The third kappa shape index (κ3) is 5.42. The van der Waals surface area contributed by atoms with Crippen LogP contribution in [0.3, 0.4) is 0 Å². The molecule has 1 aromatic rings. The molecule has 0 amide bonds. The molecule has 0 spiro atoms. The lowest BCUT2D eigenvalue weighted by Gasteiger charge is -2.30. The number of sulfonamides is 1. The number of piperidine rings is 1. The van der Waals surface area contributed by atoms with Gasteiger partial charge in [-0.25, -0.2) is 17.7 Å². The Balaban J connectivity index is 1.74. The molecule has 0 atom stereocenters. The Morgan fingerprint density at radius 3 is 2.50 bits per heavy atom. The van der Waals surface area contributed by atoms with Crippen LogP contribution in [-0.2, 0) is 16.6 Å². The summed E-state index contributed by atoms with van der Waals surface area (Å²) in [7, 11) is -1.31. The Hall–Kier alpha value is -1.19. The van der Waals surface area contributed by atoms with E-state index in [1.165, 1.54) is 11.1 Å². The predicted molar refractivity (Wildman–Crippen MR) is 98.9 cm³/mol. The molecule has 2 N–H and O–H groups in total. The van der Waals surface area contributed by atoms with Crippen molar-refractivity contribution in [1.82, 2.24) is 19.9 Å². The van der Waals surface area contributed by atoms with Crippen LogP contribution in [0.5, 0.6) is 0 Å². The zero-order valence-corrected chi connectivity index (χ0v) is 16.4. The highest BCUT2D eigenvalue weighted by Gasteiger charge is 2.24. The summed E-state index contributed by atoms with van der Waals surface area (Å²) in [4.78, 5) is 9.99. The molecule has 7 nitrogen and oxygen atoms in total. The quantitative estimate of drug-likeness (QED) is 0.596. The summed E-state index contributed by atoms with van der Waals surface area (Å²) in [6, 6.07) is 0. The highest BCUT2D eigenvalue weighted by molar-refractivity contribution is 7.88. The Labute approximate surface area is 148 Å². The van der Waals surface area contributed by atoms with Gasteiger partial charge in [-0.2, -0.15) is 0 Å². The lowest BCUT2D eigenvalue weighted by atomic mass is 9.98. The van der Waals surface area contributed by atoms with Crippen molar-refractivity contribution in [1.29, 1.82) is 0 Å². The number of hydrogen-bond donors (Lipinski definition) is 2. The molecule has 0 aromatic carbocycles. The van der Waals surface area contributed by atoms with Gasteiger partial charge >= 0.3 is 0 Å². The zero-order valence-electron chi connectivity index (χ0n) is 14.8. The molecule has 0 aliphatic carbocycles. The predicted octanol–water partition coefficient (Wildman–Crippen LogP) is 1.10. The van der Waals surface area contributed by atoms with Crippen molar-refractivity contribution in [3.63, 3.8) is 0 Å². The first-order chi connectivity index (χ1) is 11.3. The molecule has 9 heteroatoms. The molecule has 24 heavy (non-hydrogen) atoms. The summed E-state index contributed by atoms with van der Waals surface area (Å²) < 4.78 is 24.6. The minimum Gasteiger partial charge on any atom is -0.356 e. The first kappa shape index (κ1) is 19.1. The first-order valence-electron chi connectivity index (χ1n) is 8.12. The third-order valence-corrected chi connectivity index (χ3v) is 6.68. The molecule has 1 saturated heterocycles. The topological polar surface area (TPSA) is 86.7 Å². The minimum absolute atomic E-state index is 0.464. The van der Waals surface area contributed by atoms with E-state index in [0.717, 1.165) is 36.0 Å². The summed E-state index contributed by atoms with van der Waals surface area (Å²) in [5.74, 6) is 1.22. The number of nitrogens with one attached hydrogen (secondary N) is 2. The van der Waals surface area contributed by atoms with Crippen LogP contribution in [0.4, 0.5) is 0 Å². The minimum atomic E-state index is -3.06. The number of aryl methyl sites for hydroxylation is 2. The number of aliphatic imine (C=N–C) groups is 1. The van der Waals surface area contributed by atoms with Crippen LogP contribution in [0.1, 0.15) is 28.4 Å². The van der Waals surface area contributed by atoms with Gasteiger partial charge in [0.05, 0.1) is 18.5 Å². The van der Waals surface area contributed by atoms with Crippen LogP contribution < -0.4 is 10.6 Å². The average molecular weight is 374 g/mol. The fraction of sp³-hybridized carbons (Fsp3) is 0.733. The van der Waals surface area contributed by atoms with Crippen LogP contribution in [0.2, 0.25) is 0 Å². The third-order valence-electron chi connectivity index (χ3n) is 4.30. The second-order valence-corrected chi connectivity index (χ2v) is 9.43. The van der Waals surface area contributed by atoms with Gasteiger partial charge in [-0.3, -0.25) is 4.99 Å². The molecule has 2 rings (SSSR count). The van der Waals surface area contributed by atoms with Gasteiger partial charge in [0.15, 0.2) is 5.96 Å². The smallest absolute Gasteiger partial charge is 0.211 e. The molecule has 1 aromatic heterocycles. The maximum Gasteiger partial charge on any atom is 0.211 e. The summed E-state index contributed by atoms with van der Waals surface area (Å²) in [6.45, 7) is 6.76. The number of rotatable bonds is 5. The second kappa shape index (κ2) is 8.26. The van der Waals surface area contributed by atoms with Gasteiger partial charge in [0, 0.05) is 31.6 Å². The molecule has 0 saturated carbocycles. The van der Waals surface area contributed by atoms with Crippen LogP contribution in [0, 0.1) is 19.8 Å². The van der Waals surface area contributed by atoms with Crippen LogP contribution in [0.25, 0.3) is 0 Å². The standard InChI is InChI=1S/C15H27N5O2S2/c1-11-12(2)23-14(19-11)10-18-15(16-3)17-9-13-5-7-20(8-6-13)24(4,21)22/h13H,5-10H2,1-4H3,(H2,16,17,18). The number of nitrogens with zero attached hydrogens (tertiary/aromatic N) is 3. The van der Waals surface area contributed by atoms with Crippen molar-refractivity contribution < 1.29 is 8.42 Å². The van der Waals surface area contributed by atoms with E-state index in [4.69, 9.17) is 0 Å². The van der Waals surface area contributed by atoms with Gasteiger partial charge in [0.25, 0.3) is 0 Å². The van der Waals surface area contributed by atoms with Gasteiger partial charge in [-0.05, 0) is 32.6 Å². The van der Waals surface area contributed by atoms with E-state index in [9.17, 15) is 8.42 Å². The Kier molecular flexibility index (Phi) is 6.59. The summed E-state index contributed by atoms with van der Waals surface area (Å²) in [5.41, 5.74) is 1.08. The molecule has 0 bridgehead atoms. The molecular formula is C15H27N5O2S2. The lowest BCUT2D eigenvalue weighted by molar-refractivity contribution is 0.275. The van der Waals surface area contributed by atoms with Crippen molar-refractivity contribution in [3.8, 4) is 0 Å². The highest BCUT2D eigenvalue weighted by atomic mass is 32.2. The van der Waals surface area contributed by atoms with Crippen molar-refractivity contribution >= 4 is 27.3 Å². The summed E-state index contributed by atoms with van der Waals surface area (Å²) >= 11 is 1.70. The lowest BCUT2D eigenvalue weighted by Crippen LogP contribution is -2.43. The SMILES string of the molecule is CN=C(NCc1nc(C)c(C)s1)NCC1CCN(S(C)(=O)=O)CC1. The van der Waals surface area contributed by atoms with Crippen LogP contribution in [-0.4, -0.2) is 56.6 Å². The van der Waals surface area contributed by atoms with Gasteiger partial charge < -0.3 is 10.6 Å². The molecule has 1 aliphatic heterocycles. The zero-order chi connectivity index (χ0) is 17.7. The van der Waals surface area contributed by atoms with Gasteiger partial charge in [0.2, 0.25) is 10.0 Å². The van der Waals surface area contributed by atoms with E-state index in [1.807, 2.05) is 6.92 Å².